The number of amides is 1. The molecule has 0 aromatic heterocycles. The molecule has 1 aliphatic rings. The van der Waals surface area contributed by atoms with Crippen LogP contribution in [0.3, 0.4) is 0 Å². The number of ether oxygens (including phenoxy) is 1. The third kappa shape index (κ3) is 4.34. The van der Waals surface area contributed by atoms with Gasteiger partial charge in [-0.3, -0.25) is 4.79 Å². The van der Waals surface area contributed by atoms with Gasteiger partial charge in [-0.05, 0) is 67.1 Å². The molecule has 1 amide bonds. The number of rotatable bonds is 5. The summed E-state index contributed by atoms with van der Waals surface area (Å²) in [4.78, 5) is 28.4. The summed E-state index contributed by atoms with van der Waals surface area (Å²) in [6, 6.07) is 9.63. The van der Waals surface area contributed by atoms with Crippen LogP contribution in [0.15, 0.2) is 46.3 Å². The molecule has 2 aromatic carbocycles. The van der Waals surface area contributed by atoms with Gasteiger partial charge in [0.1, 0.15) is 0 Å². The van der Waals surface area contributed by atoms with E-state index in [0.717, 1.165) is 17.3 Å². The van der Waals surface area contributed by atoms with E-state index in [2.05, 4.69) is 10.3 Å². The number of thioether (sulfide) groups is 1. The summed E-state index contributed by atoms with van der Waals surface area (Å²) in [5.41, 5.74) is 1.88. The lowest BCUT2D eigenvalue weighted by Gasteiger charge is -2.06. The lowest BCUT2D eigenvalue weighted by atomic mass is 10.1. The monoisotopic (exact) mass is 398 g/mol. The summed E-state index contributed by atoms with van der Waals surface area (Å²) in [5, 5.41) is 22.0. The lowest BCUT2D eigenvalue weighted by Crippen LogP contribution is -2.19. The molecule has 1 heterocycles. The summed E-state index contributed by atoms with van der Waals surface area (Å²) >= 11 is 1.11. The highest BCUT2D eigenvalue weighted by molar-refractivity contribution is 8.18. The van der Waals surface area contributed by atoms with Crippen LogP contribution in [0.4, 0.5) is 5.69 Å². The van der Waals surface area contributed by atoms with E-state index in [4.69, 9.17) is 4.74 Å². The number of carboxylic acids is 1. The first-order valence-corrected chi connectivity index (χ1v) is 9.28. The minimum Gasteiger partial charge on any atom is -0.504 e. The third-order valence-corrected chi connectivity index (χ3v) is 4.75. The van der Waals surface area contributed by atoms with E-state index in [9.17, 15) is 19.8 Å². The van der Waals surface area contributed by atoms with Crippen molar-refractivity contribution in [3.05, 3.63) is 58.0 Å². The fourth-order valence-corrected chi connectivity index (χ4v) is 3.38. The number of carbonyl (C=O) groups is 2. The molecule has 0 aliphatic carbocycles. The number of hydrogen-bond acceptors (Lipinski definition) is 6. The third-order valence-electron chi connectivity index (χ3n) is 3.84. The van der Waals surface area contributed by atoms with E-state index in [1.165, 1.54) is 12.1 Å². The average molecular weight is 398 g/mol. The van der Waals surface area contributed by atoms with Crippen LogP contribution in [0.25, 0.3) is 6.08 Å². The number of hydrogen-bond donors (Lipinski definition) is 3. The van der Waals surface area contributed by atoms with Crippen molar-refractivity contribution in [1.29, 1.82) is 0 Å². The minimum atomic E-state index is -1.09. The molecule has 0 unspecified atom stereocenters. The quantitative estimate of drug-likeness (QED) is 0.663. The first-order chi connectivity index (χ1) is 13.4. The molecule has 2 aromatic rings. The molecule has 1 fully saturated rings. The van der Waals surface area contributed by atoms with Gasteiger partial charge in [0.05, 0.1) is 22.8 Å². The molecule has 0 bridgehead atoms. The Labute approximate surface area is 165 Å². The Kier molecular flexibility index (Phi) is 5.70. The molecule has 0 spiro atoms. The Morgan fingerprint density at radius 1 is 1.29 bits per heavy atom. The van der Waals surface area contributed by atoms with Crippen LogP contribution in [0, 0.1) is 6.92 Å². The van der Waals surface area contributed by atoms with Crippen molar-refractivity contribution in [2.24, 2.45) is 4.99 Å². The van der Waals surface area contributed by atoms with Gasteiger partial charge in [0, 0.05) is 0 Å². The molecule has 28 heavy (non-hydrogen) atoms. The number of nitrogens with one attached hydrogen (secondary N) is 1. The molecular formula is C20H18N2O5S. The SMILES string of the molecule is CCOc1cc(/C=C2\SC(=Nc3cc(C)ccc3C(=O)O)NC2=O)ccc1O. The number of aromatic hydroxyl groups is 1. The van der Waals surface area contributed by atoms with Gasteiger partial charge in [-0.25, -0.2) is 9.79 Å². The maximum Gasteiger partial charge on any atom is 0.337 e. The topological polar surface area (TPSA) is 108 Å². The summed E-state index contributed by atoms with van der Waals surface area (Å²) in [6.07, 6.45) is 1.65. The number of aliphatic imine (C=N–C) groups is 1. The fraction of sp³-hybridized carbons (Fsp3) is 0.150. The Hall–Kier alpha value is -3.26. The maximum atomic E-state index is 12.3. The van der Waals surface area contributed by atoms with E-state index in [-0.39, 0.29) is 22.9 Å². The van der Waals surface area contributed by atoms with Crippen molar-refractivity contribution in [2.45, 2.75) is 13.8 Å². The van der Waals surface area contributed by atoms with Crippen LogP contribution in [-0.2, 0) is 4.79 Å². The van der Waals surface area contributed by atoms with Crippen LogP contribution < -0.4 is 10.1 Å². The summed E-state index contributed by atoms with van der Waals surface area (Å²) < 4.78 is 5.35. The molecule has 1 aliphatic heterocycles. The van der Waals surface area contributed by atoms with E-state index >= 15 is 0 Å². The molecule has 144 valence electrons. The van der Waals surface area contributed by atoms with E-state index in [0.29, 0.717) is 28.0 Å². The summed E-state index contributed by atoms with van der Waals surface area (Å²) in [5.74, 6) is -1.06. The molecule has 0 saturated carbocycles. The van der Waals surface area contributed by atoms with Crippen LogP contribution in [0.1, 0.15) is 28.4 Å². The second-order valence-electron chi connectivity index (χ2n) is 5.97. The number of carbonyl (C=O) groups excluding carboxylic acids is 1. The molecule has 8 heteroatoms. The van der Waals surface area contributed by atoms with Crippen LogP contribution in [0.5, 0.6) is 11.5 Å². The lowest BCUT2D eigenvalue weighted by molar-refractivity contribution is -0.115. The summed E-state index contributed by atoms with van der Waals surface area (Å²) in [6.45, 7) is 4.05. The van der Waals surface area contributed by atoms with Gasteiger partial charge in [-0.2, -0.15) is 0 Å². The zero-order valence-corrected chi connectivity index (χ0v) is 16.0. The number of nitrogens with zero attached hydrogens (tertiary/aromatic N) is 1. The van der Waals surface area contributed by atoms with E-state index < -0.39 is 5.97 Å². The van der Waals surface area contributed by atoms with Gasteiger partial charge in [-0.1, -0.05) is 12.1 Å². The van der Waals surface area contributed by atoms with Crippen LogP contribution in [-0.4, -0.2) is 33.9 Å². The zero-order chi connectivity index (χ0) is 20.3. The Bertz CT molecular complexity index is 1010. The molecule has 0 radical (unpaired) electrons. The number of carboxylic acid groups (broad SMARTS) is 1. The predicted octanol–water partition coefficient (Wildman–Crippen LogP) is 3.69. The Balaban J connectivity index is 1.89. The van der Waals surface area contributed by atoms with Crippen molar-refractivity contribution in [3.63, 3.8) is 0 Å². The Morgan fingerprint density at radius 3 is 2.79 bits per heavy atom. The van der Waals surface area contributed by atoms with E-state index in [1.54, 1.807) is 30.3 Å². The standard InChI is InChI=1S/C20H18N2O5S/c1-3-27-16-9-12(5-7-15(16)23)10-17-18(24)22-20(28-17)21-14-8-11(2)4-6-13(14)19(25)26/h4-10,23H,3H2,1-2H3,(H,25,26)(H,21,22,24)/b17-10-. The number of benzene rings is 2. The van der Waals surface area contributed by atoms with Crippen molar-refractivity contribution in [2.75, 3.05) is 6.61 Å². The van der Waals surface area contributed by atoms with Gasteiger partial charge in [0.25, 0.3) is 5.91 Å². The smallest absolute Gasteiger partial charge is 0.337 e. The largest absolute Gasteiger partial charge is 0.504 e. The second-order valence-corrected chi connectivity index (χ2v) is 7.00. The minimum absolute atomic E-state index is 0.0235. The van der Waals surface area contributed by atoms with Gasteiger partial charge < -0.3 is 20.3 Å². The van der Waals surface area contributed by atoms with Crippen molar-refractivity contribution in [1.82, 2.24) is 5.32 Å². The second kappa shape index (κ2) is 8.18. The highest BCUT2D eigenvalue weighted by Gasteiger charge is 2.24. The van der Waals surface area contributed by atoms with Gasteiger partial charge >= 0.3 is 5.97 Å². The summed E-state index contributed by atoms with van der Waals surface area (Å²) in [7, 11) is 0. The molecule has 1 saturated heterocycles. The number of aryl methyl sites for hydroxylation is 1. The first kappa shape index (κ1) is 19.5. The molecule has 7 nitrogen and oxygen atoms in total. The highest BCUT2D eigenvalue weighted by Crippen LogP contribution is 2.32. The molecular weight excluding hydrogens is 380 g/mol. The van der Waals surface area contributed by atoms with Crippen molar-refractivity contribution in [3.8, 4) is 11.5 Å². The number of phenols is 1. The van der Waals surface area contributed by atoms with Crippen LogP contribution in [0.2, 0.25) is 0 Å². The number of amidine groups is 1. The van der Waals surface area contributed by atoms with Crippen molar-refractivity contribution >= 4 is 40.6 Å². The van der Waals surface area contributed by atoms with Gasteiger partial charge in [0.2, 0.25) is 0 Å². The normalized spacial score (nSPS) is 16.4. The Morgan fingerprint density at radius 2 is 2.07 bits per heavy atom. The fourth-order valence-electron chi connectivity index (χ4n) is 2.55. The van der Waals surface area contributed by atoms with Crippen molar-refractivity contribution < 1.29 is 24.5 Å². The highest BCUT2D eigenvalue weighted by atomic mass is 32.2. The molecule has 0 atom stereocenters. The maximum absolute atomic E-state index is 12.3. The van der Waals surface area contributed by atoms with Gasteiger partial charge in [0.15, 0.2) is 16.7 Å². The number of phenolic OH excluding ortho intramolecular Hbond substituents is 1. The molecule has 3 N–H and O–H groups in total. The van der Waals surface area contributed by atoms with E-state index in [1.807, 2.05) is 13.8 Å². The molecule has 3 rings (SSSR count). The zero-order valence-electron chi connectivity index (χ0n) is 15.2. The predicted molar refractivity (Wildman–Crippen MR) is 108 cm³/mol. The number of aromatic carboxylic acids is 1. The van der Waals surface area contributed by atoms with Crippen LogP contribution >= 0.6 is 11.8 Å². The van der Waals surface area contributed by atoms with Gasteiger partial charge in [-0.15, -0.1) is 0 Å². The first-order valence-electron chi connectivity index (χ1n) is 8.46. The average Bonchev–Trinajstić information content (AvgIpc) is 2.97.